The number of thiophene rings is 1. The van der Waals surface area contributed by atoms with Crippen LogP contribution in [0.1, 0.15) is 16.6 Å². The first-order chi connectivity index (χ1) is 10.8. The number of benzene rings is 1. The SMILES string of the molecule is C[C@H](NS(=O)(=O)c1ccc(NC(=O)c2cccs2)cc1)C(=O)O. The van der Waals surface area contributed by atoms with Gasteiger partial charge in [0.2, 0.25) is 10.0 Å². The fourth-order valence-electron chi connectivity index (χ4n) is 1.67. The zero-order valence-corrected chi connectivity index (χ0v) is 13.6. The monoisotopic (exact) mass is 354 g/mol. The van der Waals surface area contributed by atoms with Crippen molar-refractivity contribution in [2.45, 2.75) is 17.9 Å². The molecule has 0 saturated carbocycles. The Morgan fingerprint density at radius 1 is 1.17 bits per heavy atom. The lowest BCUT2D eigenvalue weighted by Gasteiger charge is -2.11. The Kier molecular flexibility index (Phi) is 5.14. The second kappa shape index (κ2) is 6.90. The van der Waals surface area contributed by atoms with Crippen molar-refractivity contribution in [2.75, 3.05) is 5.32 Å². The number of carbonyl (C=O) groups excluding carboxylic acids is 1. The second-order valence-corrected chi connectivity index (χ2v) is 7.30. The van der Waals surface area contributed by atoms with E-state index in [0.717, 1.165) is 0 Å². The fraction of sp³-hybridized carbons (Fsp3) is 0.143. The van der Waals surface area contributed by atoms with Gasteiger partial charge < -0.3 is 10.4 Å². The van der Waals surface area contributed by atoms with Crippen molar-refractivity contribution in [1.29, 1.82) is 0 Å². The highest BCUT2D eigenvalue weighted by Crippen LogP contribution is 2.16. The summed E-state index contributed by atoms with van der Waals surface area (Å²) in [7, 11) is -3.93. The van der Waals surface area contributed by atoms with Crippen LogP contribution in [0.25, 0.3) is 0 Å². The van der Waals surface area contributed by atoms with E-state index in [4.69, 9.17) is 5.11 Å². The summed E-state index contributed by atoms with van der Waals surface area (Å²) in [4.78, 5) is 23.1. The summed E-state index contributed by atoms with van der Waals surface area (Å²) in [6.07, 6.45) is 0. The summed E-state index contributed by atoms with van der Waals surface area (Å²) >= 11 is 1.29. The number of hydrogen-bond donors (Lipinski definition) is 3. The van der Waals surface area contributed by atoms with E-state index in [0.29, 0.717) is 10.6 Å². The summed E-state index contributed by atoms with van der Waals surface area (Å²) in [5, 5.41) is 13.2. The smallest absolute Gasteiger partial charge is 0.321 e. The van der Waals surface area contributed by atoms with Crippen LogP contribution in [0.4, 0.5) is 5.69 Å². The van der Waals surface area contributed by atoms with Crippen LogP contribution in [-0.4, -0.2) is 31.4 Å². The van der Waals surface area contributed by atoms with Gasteiger partial charge in [-0.25, -0.2) is 8.42 Å². The molecule has 7 nitrogen and oxygen atoms in total. The standard InChI is InChI=1S/C14H14N2O5S2/c1-9(14(18)19)16-23(20,21)11-6-4-10(5-7-11)15-13(17)12-3-2-8-22-12/h2-9,16H,1H3,(H,15,17)(H,18,19)/t9-/m0/s1. The predicted octanol–water partition coefficient (Wildman–Crippen LogP) is 1.75. The highest BCUT2D eigenvalue weighted by molar-refractivity contribution is 7.89. The zero-order valence-electron chi connectivity index (χ0n) is 12.0. The van der Waals surface area contributed by atoms with Crippen LogP contribution in [0.15, 0.2) is 46.7 Å². The summed E-state index contributed by atoms with van der Waals surface area (Å²) < 4.78 is 26.1. The molecule has 23 heavy (non-hydrogen) atoms. The normalized spacial score (nSPS) is 12.6. The molecule has 9 heteroatoms. The van der Waals surface area contributed by atoms with Crippen molar-refractivity contribution in [3.05, 3.63) is 46.7 Å². The number of carboxylic acids is 1. The lowest BCUT2D eigenvalue weighted by atomic mass is 10.3. The Morgan fingerprint density at radius 2 is 1.83 bits per heavy atom. The summed E-state index contributed by atoms with van der Waals surface area (Å²) in [5.74, 6) is -1.55. The molecule has 3 N–H and O–H groups in total. The van der Waals surface area contributed by atoms with E-state index in [1.807, 2.05) is 4.72 Å². The number of amides is 1. The molecule has 2 aromatic rings. The van der Waals surface area contributed by atoms with Gasteiger partial charge in [0.05, 0.1) is 9.77 Å². The molecule has 0 aliphatic rings. The van der Waals surface area contributed by atoms with Crippen LogP contribution >= 0.6 is 11.3 Å². The maximum absolute atomic E-state index is 12.0. The molecule has 0 fully saturated rings. The first-order valence-electron chi connectivity index (χ1n) is 6.49. The molecule has 0 radical (unpaired) electrons. The summed E-state index contributed by atoms with van der Waals surface area (Å²) in [6.45, 7) is 1.23. The predicted molar refractivity (Wildman–Crippen MR) is 86.1 cm³/mol. The van der Waals surface area contributed by atoms with Crippen LogP contribution in [0, 0.1) is 0 Å². The number of rotatable bonds is 6. The Hall–Kier alpha value is -2.23. The molecule has 122 valence electrons. The van der Waals surface area contributed by atoms with E-state index >= 15 is 0 Å². The molecular weight excluding hydrogens is 340 g/mol. The number of sulfonamides is 1. The van der Waals surface area contributed by atoms with E-state index in [1.165, 1.54) is 42.5 Å². The van der Waals surface area contributed by atoms with Gasteiger partial charge in [-0.15, -0.1) is 11.3 Å². The Bertz CT molecular complexity index is 798. The number of hydrogen-bond acceptors (Lipinski definition) is 5. The highest BCUT2D eigenvalue weighted by atomic mass is 32.2. The van der Waals surface area contributed by atoms with Crippen molar-refractivity contribution in [3.8, 4) is 0 Å². The average Bonchev–Trinajstić information content (AvgIpc) is 3.01. The molecule has 0 bridgehead atoms. The van der Waals surface area contributed by atoms with Crippen LogP contribution in [0.3, 0.4) is 0 Å². The van der Waals surface area contributed by atoms with Gasteiger partial charge in [0.25, 0.3) is 5.91 Å². The summed E-state index contributed by atoms with van der Waals surface area (Å²) in [5.41, 5.74) is 0.439. The van der Waals surface area contributed by atoms with Gasteiger partial charge in [-0.2, -0.15) is 4.72 Å². The molecule has 0 aliphatic carbocycles. The number of aliphatic carboxylic acids is 1. The molecule has 0 spiro atoms. The van der Waals surface area contributed by atoms with Gasteiger partial charge >= 0.3 is 5.97 Å². The first kappa shape index (κ1) is 17.1. The molecule has 2 rings (SSSR count). The first-order valence-corrected chi connectivity index (χ1v) is 8.86. The molecular formula is C14H14N2O5S2. The maximum Gasteiger partial charge on any atom is 0.321 e. The second-order valence-electron chi connectivity index (χ2n) is 4.64. The maximum atomic E-state index is 12.0. The number of nitrogens with one attached hydrogen (secondary N) is 2. The van der Waals surface area contributed by atoms with E-state index in [9.17, 15) is 18.0 Å². The molecule has 1 atom stereocenters. The van der Waals surface area contributed by atoms with Crippen LogP contribution in [-0.2, 0) is 14.8 Å². The lowest BCUT2D eigenvalue weighted by Crippen LogP contribution is -2.38. The van der Waals surface area contributed by atoms with E-state index in [-0.39, 0.29) is 10.8 Å². The van der Waals surface area contributed by atoms with E-state index in [2.05, 4.69) is 5.32 Å². The van der Waals surface area contributed by atoms with Crippen molar-refractivity contribution in [1.82, 2.24) is 4.72 Å². The fourth-order valence-corrected chi connectivity index (χ4v) is 3.48. The largest absolute Gasteiger partial charge is 0.480 e. The van der Waals surface area contributed by atoms with E-state index < -0.39 is 22.0 Å². The Labute approximate surface area is 137 Å². The van der Waals surface area contributed by atoms with Gasteiger partial charge in [0, 0.05) is 5.69 Å². The minimum absolute atomic E-state index is 0.0836. The minimum Gasteiger partial charge on any atom is -0.480 e. The molecule has 1 heterocycles. The molecule has 0 saturated heterocycles. The van der Waals surface area contributed by atoms with Gasteiger partial charge in [-0.05, 0) is 42.6 Å². The average molecular weight is 354 g/mol. The van der Waals surface area contributed by atoms with Crippen LogP contribution in [0.2, 0.25) is 0 Å². The van der Waals surface area contributed by atoms with Gasteiger partial charge in [0.1, 0.15) is 6.04 Å². The van der Waals surface area contributed by atoms with Gasteiger partial charge in [-0.1, -0.05) is 6.07 Å². The van der Waals surface area contributed by atoms with Crippen molar-refractivity contribution in [3.63, 3.8) is 0 Å². The zero-order chi connectivity index (χ0) is 17.0. The molecule has 0 unspecified atom stereocenters. The molecule has 0 aliphatic heterocycles. The molecule has 1 aromatic carbocycles. The quantitative estimate of drug-likeness (QED) is 0.731. The topological polar surface area (TPSA) is 113 Å². The molecule has 1 aromatic heterocycles. The third kappa shape index (κ3) is 4.38. The summed E-state index contributed by atoms with van der Waals surface area (Å²) in [6, 6.07) is 7.65. The van der Waals surface area contributed by atoms with Crippen LogP contribution in [0.5, 0.6) is 0 Å². The van der Waals surface area contributed by atoms with Gasteiger partial charge in [-0.3, -0.25) is 9.59 Å². The Morgan fingerprint density at radius 3 is 2.35 bits per heavy atom. The number of carbonyl (C=O) groups is 2. The molecule has 1 amide bonds. The third-order valence-corrected chi connectivity index (χ3v) is 5.30. The van der Waals surface area contributed by atoms with E-state index in [1.54, 1.807) is 17.5 Å². The number of anilines is 1. The lowest BCUT2D eigenvalue weighted by molar-refractivity contribution is -0.138. The minimum atomic E-state index is -3.93. The number of carboxylic acid groups (broad SMARTS) is 1. The van der Waals surface area contributed by atoms with Crippen molar-refractivity contribution < 1.29 is 23.1 Å². The third-order valence-electron chi connectivity index (χ3n) is 2.87. The highest BCUT2D eigenvalue weighted by Gasteiger charge is 2.21. The Balaban J connectivity index is 2.10. The van der Waals surface area contributed by atoms with Crippen molar-refractivity contribution in [2.24, 2.45) is 0 Å². The van der Waals surface area contributed by atoms with Crippen molar-refractivity contribution >= 4 is 38.9 Å². The van der Waals surface area contributed by atoms with Crippen LogP contribution < -0.4 is 10.0 Å². The van der Waals surface area contributed by atoms with Gasteiger partial charge in [0.15, 0.2) is 0 Å².